The number of nitrogens with two attached hydrogens (primary N) is 1. The van der Waals surface area contributed by atoms with Gasteiger partial charge in [-0.25, -0.2) is 4.39 Å². The molecule has 2 nitrogen and oxygen atoms in total. The van der Waals surface area contributed by atoms with Gasteiger partial charge in [-0.15, -0.1) is 0 Å². The molecule has 0 radical (unpaired) electrons. The minimum atomic E-state index is -0.371. The molecule has 0 aromatic heterocycles. The fraction of sp³-hybridized carbons (Fsp3) is 0.455. The van der Waals surface area contributed by atoms with Gasteiger partial charge in [0.05, 0.1) is 11.4 Å². The molecule has 0 aliphatic rings. The molecule has 0 aliphatic carbocycles. The average molecular weight is 196 g/mol. The predicted molar refractivity (Wildman–Crippen MR) is 58.8 cm³/mol. The lowest BCUT2D eigenvalue weighted by molar-refractivity contribution is 0.443. The van der Waals surface area contributed by atoms with E-state index in [-0.39, 0.29) is 16.9 Å². The summed E-state index contributed by atoms with van der Waals surface area (Å²) in [7, 11) is 0. The molecule has 0 aliphatic heterocycles. The number of hydrogen-bond donors (Lipinski definition) is 2. The third-order valence-electron chi connectivity index (χ3n) is 1.86. The Morgan fingerprint density at radius 2 is 2.00 bits per heavy atom. The van der Waals surface area contributed by atoms with Crippen LogP contribution in [-0.2, 0) is 0 Å². The highest BCUT2D eigenvalue weighted by Gasteiger charge is 2.11. The van der Waals surface area contributed by atoms with Crippen molar-refractivity contribution >= 4 is 11.4 Å². The number of halogens is 1. The molecule has 0 amide bonds. The summed E-state index contributed by atoms with van der Waals surface area (Å²) in [6.07, 6.45) is 0. The Labute approximate surface area is 84.3 Å². The highest BCUT2D eigenvalue weighted by atomic mass is 19.1. The first-order valence-electron chi connectivity index (χ1n) is 4.68. The fourth-order valence-corrected chi connectivity index (χ4v) is 1.05. The van der Waals surface area contributed by atoms with E-state index in [1.807, 2.05) is 0 Å². The highest BCUT2D eigenvalue weighted by molar-refractivity contribution is 5.66. The average Bonchev–Trinajstić information content (AvgIpc) is 2.06. The van der Waals surface area contributed by atoms with E-state index in [0.29, 0.717) is 5.69 Å². The van der Waals surface area contributed by atoms with Gasteiger partial charge in [-0.2, -0.15) is 0 Å². The van der Waals surface area contributed by atoms with Gasteiger partial charge in [-0.05, 0) is 17.5 Å². The van der Waals surface area contributed by atoms with Crippen LogP contribution in [0.1, 0.15) is 20.8 Å². The Kier molecular flexibility index (Phi) is 2.99. The zero-order chi connectivity index (χ0) is 10.8. The summed E-state index contributed by atoms with van der Waals surface area (Å²) in [5, 5.41) is 3.13. The van der Waals surface area contributed by atoms with Gasteiger partial charge in [-0.1, -0.05) is 26.8 Å². The molecule has 0 bridgehead atoms. The lowest BCUT2D eigenvalue weighted by Crippen LogP contribution is -2.19. The van der Waals surface area contributed by atoms with Gasteiger partial charge in [0.25, 0.3) is 0 Å². The van der Waals surface area contributed by atoms with E-state index in [2.05, 4.69) is 26.1 Å². The van der Waals surface area contributed by atoms with Gasteiger partial charge in [-0.3, -0.25) is 0 Å². The molecule has 1 rings (SSSR count). The smallest absolute Gasteiger partial charge is 0.148 e. The SMILES string of the molecule is CC(C)(C)CNc1cccc(F)c1N. The molecule has 1 aromatic carbocycles. The third kappa shape index (κ3) is 2.91. The minimum absolute atomic E-state index is 0.152. The van der Waals surface area contributed by atoms with Crippen LogP contribution in [0.3, 0.4) is 0 Å². The van der Waals surface area contributed by atoms with E-state index < -0.39 is 0 Å². The Bertz CT molecular complexity index is 316. The molecule has 0 saturated carbocycles. The highest BCUT2D eigenvalue weighted by Crippen LogP contribution is 2.23. The van der Waals surface area contributed by atoms with Crippen LogP contribution in [0.2, 0.25) is 0 Å². The maximum Gasteiger partial charge on any atom is 0.148 e. The summed E-state index contributed by atoms with van der Waals surface area (Å²) in [4.78, 5) is 0. The quantitative estimate of drug-likeness (QED) is 0.714. The molecular formula is C11H17FN2. The van der Waals surface area contributed by atoms with Crippen molar-refractivity contribution in [1.82, 2.24) is 0 Å². The van der Waals surface area contributed by atoms with Gasteiger partial charge < -0.3 is 11.1 Å². The molecule has 0 spiro atoms. The fourth-order valence-electron chi connectivity index (χ4n) is 1.05. The first kappa shape index (κ1) is 10.8. The molecule has 3 heteroatoms. The second-order valence-electron chi connectivity index (χ2n) is 4.62. The topological polar surface area (TPSA) is 38.0 Å². The summed E-state index contributed by atoms with van der Waals surface area (Å²) in [5.74, 6) is -0.371. The van der Waals surface area contributed by atoms with Crippen LogP contribution in [0, 0.1) is 11.2 Å². The maximum absolute atomic E-state index is 13.0. The van der Waals surface area contributed by atoms with Crippen LogP contribution < -0.4 is 11.1 Å². The molecule has 0 atom stereocenters. The first-order chi connectivity index (χ1) is 6.40. The van der Waals surface area contributed by atoms with Crippen LogP contribution in [0.5, 0.6) is 0 Å². The van der Waals surface area contributed by atoms with Crippen molar-refractivity contribution in [3.8, 4) is 0 Å². The Morgan fingerprint density at radius 3 is 2.57 bits per heavy atom. The number of nitrogens with one attached hydrogen (secondary N) is 1. The van der Waals surface area contributed by atoms with E-state index in [9.17, 15) is 4.39 Å². The van der Waals surface area contributed by atoms with Crippen LogP contribution in [0.25, 0.3) is 0 Å². The second-order valence-corrected chi connectivity index (χ2v) is 4.62. The van der Waals surface area contributed by atoms with Gasteiger partial charge >= 0.3 is 0 Å². The van der Waals surface area contributed by atoms with Crippen molar-refractivity contribution in [3.05, 3.63) is 24.0 Å². The second kappa shape index (κ2) is 3.86. The van der Waals surface area contributed by atoms with Crippen molar-refractivity contribution in [2.75, 3.05) is 17.6 Å². The predicted octanol–water partition coefficient (Wildman–Crippen LogP) is 2.87. The van der Waals surface area contributed by atoms with Crippen LogP contribution in [-0.4, -0.2) is 6.54 Å². The molecule has 1 aromatic rings. The maximum atomic E-state index is 13.0. The minimum Gasteiger partial charge on any atom is -0.395 e. The van der Waals surface area contributed by atoms with Gasteiger partial charge in [0.1, 0.15) is 5.82 Å². The third-order valence-corrected chi connectivity index (χ3v) is 1.86. The lowest BCUT2D eigenvalue weighted by atomic mass is 9.97. The van der Waals surface area contributed by atoms with E-state index >= 15 is 0 Å². The van der Waals surface area contributed by atoms with Crippen LogP contribution in [0.15, 0.2) is 18.2 Å². The van der Waals surface area contributed by atoms with E-state index in [1.54, 1.807) is 12.1 Å². The molecule has 78 valence electrons. The zero-order valence-electron chi connectivity index (χ0n) is 8.89. The van der Waals surface area contributed by atoms with Crippen LogP contribution >= 0.6 is 0 Å². The van der Waals surface area contributed by atoms with Gasteiger partial charge in [0.2, 0.25) is 0 Å². The van der Waals surface area contributed by atoms with Crippen molar-refractivity contribution in [2.24, 2.45) is 5.41 Å². The van der Waals surface area contributed by atoms with Gasteiger partial charge in [0.15, 0.2) is 0 Å². The Hall–Kier alpha value is -1.25. The summed E-state index contributed by atoms with van der Waals surface area (Å²) < 4.78 is 13.0. The monoisotopic (exact) mass is 196 g/mol. The molecule has 0 fully saturated rings. The van der Waals surface area contributed by atoms with E-state index in [0.717, 1.165) is 6.54 Å². The lowest BCUT2D eigenvalue weighted by Gasteiger charge is -2.20. The number of anilines is 2. The normalized spacial score (nSPS) is 11.4. The number of para-hydroxylation sites is 1. The number of benzene rings is 1. The number of nitrogen functional groups attached to an aromatic ring is 1. The van der Waals surface area contributed by atoms with Gasteiger partial charge in [0, 0.05) is 6.54 Å². The number of hydrogen-bond acceptors (Lipinski definition) is 2. The molecule has 3 N–H and O–H groups in total. The van der Waals surface area contributed by atoms with E-state index in [4.69, 9.17) is 5.73 Å². The molecule has 0 unspecified atom stereocenters. The zero-order valence-corrected chi connectivity index (χ0v) is 8.89. The summed E-state index contributed by atoms with van der Waals surface area (Å²) in [6.45, 7) is 7.08. The van der Waals surface area contributed by atoms with Crippen LogP contribution in [0.4, 0.5) is 15.8 Å². The van der Waals surface area contributed by atoms with Crippen molar-refractivity contribution < 1.29 is 4.39 Å². The van der Waals surface area contributed by atoms with Crippen molar-refractivity contribution in [1.29, 1.82) is 0 Å². The van der Waals surface area contributed by atoms with Crippen molar-refractivity contribution in [2.45, 2.75) is 20.8 Å². The summed E-state index contributed by atoms with van der Waals surface area (Å²) >= 11 is 0. The molecule has 14 heavy (non-hydrogen) atoms. The Balaban J connectivity index is 2.73. The molecule has 0 heterocycles. The number of rotatable bonds is 2. The molecule has 0 saturated heterocycles. The summed E-state index contributed by atoms with van der Waals surface area (Å²) in [5.41, 5.74) is 6.58. The first-order valence-corrected chi connectivity index (χ1v) is 4.68. The van der Waals surface area contributed by atoms with E-state index in [1.165, 1.54) is 6.07 Å². The Morgan fingerprint density at radius 1 is 1.36 bits per heavy atom. The largest absolute Gasteiger partial charge is 0.395 e. The molecular weight excluding hydrogens is 179 g/mol. The standard InChI is InChI=1S/C11H17FN2/c1-11(2,3)7-14-9-6-4-5-8(12)10(9)13/h4-6,14H,7,13H2,1-3H3. The van der Waals surface area contributed by atoms with Crippen molar-refractivity contribution in [3.63, 3.8) is 0 Å². The summed E-state index contributed by atoms with van der Waals surface area (Å²) in [6, 6.07) is 4.79.